The lowest BCUT2D eigenvalue weighted by atomic mass is 9.96. The van der Waals surface area contributed by atoms with Crippen molar-refractivity contribution in [3.63, 3.8) is 0 Å². The summed E-state index contributed by atoms with van der Waals surface area (Å²) in [4.78, 5) is 40.7. The maximum Gasteiger partial charge on any atom is 0.305 e. The third-order valence-corrected chi connectivity index (χ3v) is 13.0. The molecular weight excluding hydrogens is 743 g/mol. The molecule has 0 fully saturated rings. The number of carbonyl (C=O) groups excluding carboxylic acids is 3. The van der Waals surface area contributed by atoms with Gasteiger partial charge in [0.25, 0.3) is 0 Å². The van der Waals surface area contributed by atoms with Crippen molar-refractivity contribution in [2.24, 2.45) is 11.8 Å². The predicted octanol–water partition coefficient (Wildman–Crippen LogP) is 16.8. The van der Waals surface area contributed by atoms with Crippen molar-refractivity contribution >= 4 is 17.8 Å². The summed E-state index contributed by atoms with van der Waals surface area (Å²) in [6.45, 7) is 15.4. The molecule has 0 N–H and O–H groups in total. The van der Waals surface area contributed by atoms with Crippen molar-refractivity contribution < 1.29 is 23.9 Å². The molecule has 3 atom stereocenters. The number of ether oxygens (including phenoxy) is 2. The molecule has 0 aromatic heterocycles. The van der Waals surface area contributed by atoms with Gasteiger partial charge in [0.1, 0.15) is 0 Å². The minimum atomic E-state index is -0.00703. The van der Waals surface area contributed by atoms with Gasteiger partial charge in [-0.05, 0) is 76.5 Å². The zero-order valence-corrected chi connectivity index (χ0v) is 41.4. The highest BCUT2D eigenvalue weighted by Crippen LogP contribution is 2.23. The smallest absolute Gasteiger partial charge is 0.305 e. The molecule has 0 aromatic carbocycles. The van der Waals surface area contributed by atoms with Crippen molar-refractivity contribution in [3.05, 3.63) is 0 Å². The molecule has 0 radical (unpaired) electrons. The van der Waals surface area contributed by atoms with E-state index in [0.29, 0.717) is 56.3 Å². The van der Waals surface area contributed by atoms with E-state index in [2.05, 4.69) is 46.4 Å². The van der Waals surface area contributed by atoms with Gasteiger partial charge in [0, 0.05) is 31.8 Å². The van der Waals surface area contributed by atoms with Crippen molar-refractivity contribution in [2.45, 2.75) is 298 Å². The van der Waals surface area contributed by atoms with Gasteiger partial charge in [0.15, 0.2) is 0 Å². The minimum absolute atomic E-state index is 0.00502. The summed E-state index contributed by atoms with van der Waals surface area (Å²) in [6.07, 6.45) is 44.6. The standard InChI is InChI=1S/C54H105NO5/c1-7-13-18-25-32-41-50(39-17-11-5)48-60-54(58)46-37-30-24-22-28-34-43-51(55(12-6)52(56)44-35-26-19-14-8-2)42-33-27-21-23-29-36-45-53(57)59-47-49(38-16-10-4)40-31-20-15-9-3/h49-51H,7-48H2,1-6H3. The molecule has 6 heteroatoms. The fraction of sp³-hybridized carbons (Fsp3) is 0.944. The molecule has 0 aliphatic rings. The third-order valence-electron chi connectivity index (χ3n) is 13.0. The first kappa shape index (κ1) is 58.4. The van der Waals surface area contributed by atoms with Gasteiger partial charge in [0.2, 0.25) is 5.91 Å². The van der Waals surface area contributed by atoms with E-state index in [-0.39, 0.29) is 11.9 Å². The molecule has 356 valence electrons. The Morgan fingerprint density at radius 2 is 0.650 bits per heavy atom. The first-order valence-corrected chi connectivity index (χ1v) is 27.0. The molecule has 0 aliphatic heterocycles. The van der Waals surface area contributed by atoms with Crippen LogP contribution in [0.3, 0.4) is 0 Å². The van der Waals surface area contributed by atoms with Crippen LogP contribution in [0.5, 0.6) is 0 Å². The number of hydrogen-bond acceptors (Lipinski definition) is 5. The molecule has 0 rings (SSSR count). The van der Waals surface area contributed by atoms with Gasteiger partial charge >= 0.3 is 11.9 Å². The highest BCUT2D eigenvalue weighted by atomic mass is 16.5. The van der Waals surface area contributed by atoms with Crippen LogP contribution in [0.2, 0.25) is 0 Å². The lowest BCUT2D eigenvalue weighted by Crippen LogP contribution is -2.40. The Morgan fingerprint density at radius 3 is 1.03 bits per heavy atom. The maximum absolute atomic E-state index is 13.4. The normalized spacial score (nSPS) is 13.0. The molecule has 0 aliphatic carbocycles. The first-order chi connectivity index (χ1) is 29.4. The summed E-state index contributed by atoms with van der Waals surface area (Å²) in [5.41, 5.74) is 0. The minimum Gasteiger partial charge on any atom is -0.465 e. The summed E-state index contributed by atoms with van der Waals surface area (Å²) in [5.74, 6) is 1.40. The van der Waals surface area contributed by atoms with Gasteiger partial charge in [-0.2, -0.15) is 0 Å². The second-order valence-corrected chi connectivity index (χ2v) is 18.8. The van der Waals surface area contributed by atoms with Crippen LogP contribution >= 0.6 is 0 Å². The van der Waals surface area contributed by atoms with Crippen LogP contribution in [0.25, 0.3) is 0 Å². The monoisotopic (exact) mass is 848 g/mol. The highest BCUT2D eigenvalue weighted by Gasteiger charge is 2.21. The van der Waals surface area contributed by atoms with Crippen molar-refractivity contribution in [1.82, 2.24) is 4.90 Å². The zero-order chi connectivity index (χ0) is 44.2. The summed E-state index contributed by atoms with van der Waals surface area (Å²) in [5, 5.41) is 0. The average Bonchev–Trinajstić information content (AvgIpc) is 3.25. The summed E-state index contributed by atoms with van der Waals surface area (Å²) in [6, 6.07) is 0.341. The van der Waals surface area contributed by atoms with Crippen LogP contribution in [-0.4, -0.2) is 48.5 Å². The molecule has 0 bridgehead atoms. The third kappa shape index (κ3) is 37.0. The van der Waals surface area contributed by atoms with E-state index < -0.39 is 0 Å². The Morgan fingerprint density at radius 1 is 0.350 bits per heavy atom. The molecule has 0 heterocycles. The van der Waals surface area contributed by atoms with Crippen molar-refractivity contribution in [3.8, 4) is 0 Å². The van der Waals surface area contributed by atoms with Crippen LogP contribution in [0, 0.1) is 11.8 Å². The number of hydrogen-bond donors (Lipinski definition) is 0. The fourth-order valence-electron chi connectivity index (χ4n) is 8.90. The number of rotatable bonds is 47. The molecule has 1 amide bonds. The summed E-state index contributed by atoms with van der Waals surface area (Å²) >= 11 is 0. The second kappa shape index (κ2) is 45.4. The Labute approximate surface area is 375 Å². The predicted molar refractivity (Wildman–Crippen MR) is 259 cm³/mol. The second-order valence-electron chi connectivity index (χ2n) is 18.8. The molecular formula is C54H105NO5. The first-order valence-electron chi connectivity index (χ1n) is 27.0. The number of carbonyl (C=O) groups is 3. The maximum atomic E-state index is 13.4. The van der Waals surface area contributed by atoms with Crippen LogP contribution in [-0.2, 0) is 23.9 Å². The van der Waals surface area contributed by atoms with E-state index in [1.165, 1.54) is 180 Å². The van der Waals surface area contributed by atoms with E-state index in [1.54, 1.807) is 0 Å². The molecule has 3 unspecified atom stereocenters. The molecule has 0 aromatic rings. The summed E-state index contributed by atoms with van der Waals surface area (Å²) in [7, 11) is 0. The van der Waals surface area contributed by atoms with Crippen LogP contribution in [0.4, 0.5) is 0 Å². The molecule has 60 heavy (non-hydrogen) atoms. The number of unbranched alkanes of at least 4 members (excludes halogenated alkanes) is 23. The van der Waals surface area contributed by atoms with Gasteiger partial charge in [-0.1, -0.05) is 208 Å². The molecule has 0 saturated carbocycles. The van der Waals surface area contributed by atoms with E-state index in [9.17, 15) is 14.4 Å². The molecule has 0 saturated heterocycles. The van der Waals surface area contributed by atoms with E-state index in [0.717, 1.165) is 57.9 Å². The Kier molecular flexibility index (Phi) is 44.2. The van der Waals surface area contributed by atoms with Gasteiger partial charge < -0.3 is 14.4 Å². The van der Waals surface area contributed by atoms with Crippen LogP contribution in [0.15, 0.2) is 0 Å². The number of esters is 2. The largest absolute Gasteiger partial charge is 0.465 e. The van der Waals surface area contributed by atoms with E-state index in [1.807, 2.05) is 0 Å². The molecule has 0 spiro atoms. The highest BCUT2D eigenvalue weighted by molar-refractivity contribution is 5.76. The Balaban J connectivity index is 4.58. The van der Waals surface area contributed by atoms with Crippen LogP contribution < -0.4 is 0 Å². The average molecular weight is 848 g/mol. The number of nitrogens with zero attached hydrogens (tertiary/aromatic N) is 1. The quantitative estimate of drug-likeness (QED) is 0.0451. The van der Waals surface area contributed by atoms with Crippen molar-refractivity contribution in [1.29, 1.82) is 0 Å². The molecule has 6 nitrogen and oxygen atoms in total. The van der Waals surface area contributed by atoms with Crippen LogP contribution in [0.1, 0.15) is 292 Å². The summed E-state index contributed by atoms with van der Waals surface area (Å²) < 4.78 is 11.5. The van der Waals surface area contributed by atoms with E-state index in [4.69, 9.17) is 9.47 Å². The number of amides is 1. The van der Waals surface area contributed by atoms with Gasteiger partial charge in [-0.15, -0.1) is 0 Å². The van der Waals surface area contributed by atoms with E-state index >= 15 is 0 Å². The van der Waals surface area contributed by atoms with Crippen molar-refractivity contribution in [2.75, 3.05) is 19.8 Å². The van der Waals surface area contributed by atoms with Gasteiger partial charge in [-0.25, -0.2) is 0 Å². The zero-order valence-electron chi connectivity index (χ0n) is 41.4. The lowest BCUT2D eigenvalue weighted by molar-refractivity contribution is -0.146. The SMILES string of the molecule is CCCCCCCC(=O)N(CC)C(CCCCCCCCC(=O)OCC(CCCC)CCCCCC)CCCCCCCCC(=O)OCC(CCCC)CCCCCCC. The fourth-order valence-corrected chi connectivity index (χ4v) is 8.90. The Hall–Kier alpha value is -1.59. The Bertz CT molecular complexity index is 939. The van der Waals surface area contributed by atoms with Gasteiger partial charge in [0.05, 0.1) is 13.2 Å². The topological polar surface area (TPSA) is 72.9 Å². The lowest BCUT2D eigenvalue weighted by Gasteiger charge is -2.31. The van der Waals surface area contributed by atoms with Gasteiger partial charge in [-0.3, -0.25) is 14.4 Å².